The lowest BCUT2D eigenvalue weighted by Gasteiger charge is -2.13. The summed E-state index contributed by atoms with van der Waals surface area (Å²) >= 11 is 0. The van der Waals surface area contributed by atoms with E-state index in [1.165, 1.54) is 24.4 Å². The molecule has 0 amide bonds. The van der Waals surface area contributed by atoms with Crippen molar-refractivity contribution >= 4 is 5.97 Å². The predicted molar refractivity (Wildman–Crippen MR) is 66.8 cm³/mol. The Morgan fingerprint density at radius 3 is 2.50 bits per heavy atom. The maximum absolute atomic E-state index is 13.0. The monoisotopic (exact) mass is 315 g/mol. The molecule has 0 radical (unpaired) electrons. The molecule has 0 aliphatic heterocycles. The molecule has 0 fully saturated rings. The molecule has 0 saturated carbocycles. The molecule has 22 heavy (non-hydrogen) atoms. The summed E-state index contributed by atoms with van der Waals surface area (Å²) < 4.78 is 43.6. The molecule has 2 aromatic rings. The molecule has 2 rings (SSSR count). The molecule has 0 aromatic carbocycles. The van der Waals surface area contributed by atoms with E-state index in [0.29, 0.717) is 4.68 Å². The van der Waals surface area contributed by atoms with Gasteiger partial charge in [0, 0.05) is 6.20 Å². The van der Waals surface area contributed by atoms with Gasteiger partial charge in [-0.3, -0.25) is 14.7 Å². The van der Waals surface area contributed by atoms with Gasteiger partial charge in [-0.05, 0) is 12.1 Å². The molecule has 2 aromatic heterocycles. The molecule has 0 spiro atoms. The zero-order valence-electron chi connectivity index (χ0n) is 11.0. The minimum absolute atomic E-state index is 0.230. The van der Waals surface area contributed by atoms with Crippen molar-refractivity contribution in [1.29, 1.82) is 0 Å². The van der Waals surface area contributed by atoms with Gasteiger partial charge in [0.15, 0.2) is 11.5 Å². The zero-order valence-corrected chi connectivity index (χ0v) is 11.0. The molecular formula is C12H8F3N3O4. The number of esters is 1. The van der Waals surface area contributed by atoms with E-state index in [1.54, 1.807) is 5.10 Å². The van der Waals surface area contributed by atoms with Gasteiger partial charge in [0.1, 0.15) is 5.56 Å². The van der Waals surface area contributed by atoms with Crippen molar-refractivity contribution in [2.45, 2.75) is 6.18 Å². The highest BCUT2D eigenvalue weighted by Gasteiger charge is 2.40. The predicted octanol–water partition coefficient (Wildman–Crippen LogP) is 0.726. The number of H-pyrrole nitrogens is 1. The highest BCUT2D eigenvalue weighted by atomic mass is 19.4. The first-order valence-electron chi connectivity index (χ1n) is 5.73. The van der Waals surface area contributed by atoms with E-state index >= 15 is 0 Å². The number of nitrogens with one attached hydrogen (secondary N) is 1. The van der Waals surface area contributed by atoms with Crippen molar-refractivity contribution in [2.75, 3.05) is 7.11 Å². The Hall–Kier alpha value is -2.91. The second-order valence-electron chi connectivity index (χ2n) is 4.01. The third-order valence-corrected chi connectivity index (χ3v) is 2.65. The van der Waals surface area contributed by atoms with E-state index in [0.717, 1.165) is 7.11 Å². The van der Waals surface area contributed by atoms with Crippen molar-refractivity contribution in [2.24, 2.45) is 0 Å². The molecule has 0 atom stereocenters. The van der Waals surface area contributed by atoms with E-state index in [1.807, 2.05) is 0 Å². The summed E-state index contributed by atoms with van der Waals surface area (Å²) in [7, 11) is 0.798. The number of hydrogen-bond acceptors (Lipinski definition) is 5. The highest BCUT2D eigenvalue weighted by molar-refractivity contribution is 5.90. The van der Waals surface area contributed by atoms with Crippen LogP contribution in [0.2, 0.25) is 0 Å². The van der Waals surface area contributed by atoms with Crippen molar-refractivity contribution in [3.05, 3.63) is 56.2 Å². The molecule has 7 nitrogen and oxygen atoms in total. The third kappa shape index (κ3) is 2.62. The SMILES string of the molecule is COC(=O)c1c(C(F)(F)F)[nH]n(-c2ccccn2)c(=O)c1=O. The number of ether oxygens (including phenoxy) is 1. The van der Waals surface area contributed by atoms with E-state index in [2.05, 4.69) is 9.72 Å². The molecule has 116 valence electrons. The Morgan fingerprint density at radius 1 is 1.32 bits per heavy atom. The first-order valence-corrected chi connectivity index (χ1v) is 5.73. The summed E-state index contributed by atoms with van der Waals surface area (Å²) in [5, 5.41) is 1.71. The van der Waals surface area contributed by atoms with Crippen LogP contribution in [0.1, 0.15) is 16.1 Å². The van der Waals surface area contributed by atoms with Crippen LogP contribution in [0.25, 0.3) is 5.82 Å². The van der Waals surface area contributed by atoms with Crippen LogP contribution in [-0.4, -0.2) is 27.8 Å². The number of halogens is 3. The van der Waals surface area contributed by atoms with Crippen LogP contribution in [0.5, 0.6) is 0 Å². The minimum atomic E-state index is -5.08. The van der Waals surface area contributed by atoms with Gasteiger partial charge in [-0.2, -0.15) is 17.9 Å². The van der Waals surface area contributed by atoms with Crippen LogP contribution in [0.4, 0.5) is 13.2 Å². The summed E-state index contributed by atoms with van der Waals surface area (Å²) in [6.45, 7) is 0. The van der Waals surface area contributed by atoms with Gasteiger partial charge in [-0.15, -0.1) is 0 Å². The van der Waals surface area contributed by atoms with E-state index < -0.39 is 34.4 Å². The number of aromatic nitrogens is 3. The maximum atomic E-state index is 13.0. The fourth-order valence-electron chi connectivity index (χ4n) is 1.69. The average Bonchev–Trinajstić information content (AvgIpc) is 2.48. The molecule has 1 N–H and O–H groups in total. The second-order valence-corrected chi connectivity index (χ2v) is 4.01. The van der Waals surface area contributed by atoms with Gasteiger partial charge in [0.05, 0.1) is 7.11 Å². The molecule has 10 heteroatoms. The first kappa shape index (κ1) is 15.5. The van der Waals surface area contributed by atoms with Crippen molar-refractivity contribution in [3.8, 4) is 5.82 Å². The Bertz CT molecular complexity index is 824. The highest BCUT2D eigenvalue weighted by Crippen LogP contribution is 2.28. The number of alkyl halides is 3. The average molecular weight is 315 g/mol. The van der Waals surface area contributed by atoms with E-state index in [4.69, 9.17) is 0 Å². The third-order valence-electron chi connectivity index (χ3n) is 2.65. The topological polar surface area (TPSA) is 94.1 Å². The van der Waals surface area contributed by atoms with Crippen LogP contribution in [-0.2, 0) is 10.9 Å². The van der Waals surface area contributed by atoms with Gasteiger partial charge in [-0.1, -0.05) is 6.07 Å². The molecule has 0 unspecified atom stereocenters. The van der Waals surface area contributed by atoms with Gasteiger partial charge >= 0.3 is 17.7 Å². The molecule has 0 aliphatic carbocycles. The number of pyridine rings is 1. The maximum Gasteiger partial charge on any atom is 0.433 e. The zero-order chi connectivity index (χ0) is 16.5. The summed E-state index contributed by atoms with van der Waals surface area (Å²) in [4.78, 5) is 38.8. The Kier molecular flexibility index (Phi) is 3.85. The number of methoxy groups -OCH3 is 1. The van der Waals surface area contributed by atoms with Gasteiger partial charge < -0.3 is 4.74 Å². The summed E-state index contributed by atoms with van der Waals surface area (Å²) in [5.74, 6) is -1.79. The number of aromatic amines is 1. The lowest BCUT2D eigenvalue weighted by atomic mass is 10.2. The lowest BCUT2D eigenvalue weighted by molar-refractivity contribution is -0.142. The summed E-state index contributed by atoms with van der Waals surface area (Å²) in [6.07, 6.45) is -3.85. The van der Waals surface area contributed by atoms with Gasteiger partial charge in [-0.25, -0.2) is 9.78 Å². The Labute approximate surface area is 120 Å². The summed E-state index contributed by atoms with van der Waals surface area (Å²) in [6, 6.07) is 4.10. The van der Waals surface area contributed by atoms with Crippen LogP contribution < -0.4 is 11.0 Å². The van der Waals surface area contributed by atoms with Crippen LogP contribution in [0.3, 0.4) is 0 Å². The van der Waals surface area contributed by atoms with Crippen LogP contribution in [0, 0.1) is 0 Å². The largest absolute Gasteiger partial charge is 0.465 e. The Morgan fingerprint density at radius 2 is 2.00 bits per heavy atom. The van der Waals surface area contributed by atoms with Crippen molar-refractivity contribution < 1.29 is 22.7 Å². The lowest BCUT2D eigenvalue weighted by Crippen LogP contribution is -2.42. The fraction of sp³-hybridized carbons (Fsp3) is 0.167. The second kappa shape index (κ2) is 5.47. The summed E-state index contributed by atoms with van der Waals surface area (Å²) in [5.41, 5.74) is -6.10. The van der Waals surface area contributed by atoms with Gasteiger partial charge in [0.25, 0.3) is 5.43 Å². The first-order chi connectivity index (χ1) is 10.3. The minimum Gasteiger partial charge on any atom is -0.465 e. The number of hydrogen-bond donors (Lipinski definition) is 1. The van der Waals surface area contributed by atoms with Gasteiger partial charge in [0.2, 0.25) is 0 Å². The van der Waals surface area contributed by atoms with Crippen LogP contribution >= 0.6 is 0 Å². The van der Waals surface area contributed by atoms with E-state index in [9.17, 15) is 27.6 Å². The molecule has 0 aliphatic rings. The smallest absolute Gasteiger partial charge is 0.433 e. The molecule has 0 bridgehead atoms. The molecule has 0 saturated heterocycles. The number of rotatable bonds is 2. The molecular weight excluding hydrogens is 307 g/mol. The quantitative estimate of drug-likeness (QED) is 0.651. The fourth-order valence-corrected chi connectivity index (χ4v) is 1.69. The van der Waals surface area contributed by atoms with Crippen LogP contribution in [0.15, 0.2) is 34.0 Å². The number of carbonyl (C=O) groups is 1. The number of carbonyl (C=O) groups excluding carboxylic acids is 1. The number of nitrogens with zero attached hydrogens (tertiary/aromatic N) is 2. The molecule has 2 heterocycles. The standard InChI is InChI=1S/C12H8F3N3O4/c1-22-11(21)7-8(19)10(20)18(6-4-2-3-5-16-6)17-9(7)12(13,14)15/h2-5,17H,1H3. The van der Waals surface area contributed by atoms with E-state index in [-0.39, 0.29) is 5.82 Å². The Balaban J connectivity index is 2.88. The van der Waals surface area contributed by atoms with Crippen molar-refractivity contribution in [1.82, 2.24) is 14.8 Å². The van der Waals surface area contributed by atoms with Crippen molar-refractivity contribution in [3.63, 3.8) is 0 Å². The normalized spacial score (nSPS) is 11.3.